The van der Waals surface area contributed by atoms with Gasteiger partial charge in [0.1, 0.15) is 17.4 Å². The number of aromatic nitrogens is 2. The largest absolute Gasteiger partial charge is 0.483 e. The van der Waals surface area contributed by atoms with E-state index >= 15 is 0 Å². The molecule has 1 fully saturated rings. The second-order valence-corrected chi connectivity index (χ2v) is 7.06. The molecular formula is C21H19F2N3O3. The van der Waals surface area contributed by atoms with Gasteiger partial charge in [0.05, 0.1) is 11.0 Å². The van der Waals surface area contributed by atoms with Crippen LogP contribution < -0.4 is 10.5 Å². The summed E-state index contributed by atoms with van der Waals surface area (Å²) in [7, 11) is 0. The number of primary amides is 1. The van der Waals surface area contributed by atoms with Gasteiger partial charge in [0.25, 0.3) is 11.8 Å². The Morgan fingerprint density at radius 3 is 2.48 bits per heavy atom. The molecule has 0 radical (unpaired) electrons. The maximum absolute atomic E-state index is 14.6. The van der Waals surface area contributed by atoms with Crippen molar-refractivity contribution >= 4 is 5.91 Å². The van der Waals surface area contributed by atoms with Gasteiger partial charge in [-0.15, -0.1) is 0 Å². The first-order valence-electron chi connectivity index (χ1n) is 9.30. The summed E-state index contributed by atoms with van der Waals surface area (Å²) in [6, 6.07) is 10.6. The van der Waals surface area contributed by atoms with Crippen LogP contribution >= 0.6 is 0 Å². The molecule has 1 saturated carbocycles. The van der Waals surface area contributed by atoms with Crippen molar-refractivity contribution in [3.8, 4) is 17.2 Å². The van der Waals surface area contributed by atoms with Crippen LogP contribution in [0.5, 0.6) is 5.75 Å². The monoisotopic (exact) mass is 399 g/mol. The standard InChI is InChI=1S/C21H19F2N3O3/c22-14-7-5-8-15(23)18(14)21(10-3-4-11-21)20-25-19(29-26-20)13-6-1-2-9-16(13)28-12-17(24)27/h1-2,5-9H,3-4,10-12H2,(H2,24,27). The van der Waals surface area contributed by atoms with Gasteiger partial charge < -0.3 is 15.0 Å². The molecule has 3 aromatic rings. The van der Waals surface area contributed by atoms with E-state index in [4.69, 9.17) is 15.0 Å². The molecular weight excluding hydrogens is 380 g/mol. The minimum Gasteiger partial charge on any atom is -0.483 e. The number of para-hydroxylation sites is 1. The highest BCUT2D eigenvalue weighted by Crippen LogP contribution is 2.47. The first-order valence-corrected chi connectivity index (χ1v) is 9.30. The highest BCUT2D eigenvalue weighted by atomic mass is 19.1. The van der Waals surface area contributed by atoms with Crippen LogP contribution in [0.25, 0.3) is 11.5 Å². The average molecular weight is 399 g/mol. The molecule has 4 rings (SSSR count). The third kappa shape index (κ3) is 3.46. The molecule has 0 unspecified atom stereocenters. The molecule has 6 nitrogen and oxygen atoms in total. The Labute approximate surface area is 165 Å². The number of rotatable bonds is 6. The van der Waals surface area contributed by atoms with Crippen LogP contribution in [-0.4, -0.2) is 22.7 Å². The van der Waals surface area contributed by atoms with Crippen molar-refractivity contribution in [2.24, 2.45) is 5.73 Å². The fourth-order valence-electron chi connectivity index (χ4n) is 3.96. The molecule has 2 N–H and O–H groups in total. The lowest BCUT2D eigenvalue weighted by Gasteiger charge is -2.26. The summed E-state index contributed by atoms with van der Waals surface area (Å²) in [4.78, 5) is 15.5. The normalized spacial score (nSPS) is 15.4. The number of hydrogen-bond acceptors (Lipinski definition) is 5. The number of carbonyl (C=O) groups is 1. The van der Waals surface area contributed by atoms with Gasteiger partial charge in [-0.25, -0.2) is 8.78 Å². The van der Waals surface area contributed by atoms with Crippen molar-refractivity contribution < 1.29 is 22.8 Å². The molecule has 0 bridgehead atoms. The summed E-state index contributed by atoms with van der Waals surface area (Å²) in [5.41, 5.74) is 4.60. The van der Waals surface area contributed by atoms with Crippen molar-refractivity contribution in [1.82, 2.24) is 10.1 Å². The zero-order chi connectivity index (χ0) is 20.4. The van der Waals surface area contributed by atoms with Gasteiger partial charge in [0.2, 0.25) is 0 Å². The maximum atomic E-state index is 14.6. The Bertz CT molecular complexity index is 1020. The van der Waals surface area contributed by atoms with Crippen molar-refractivity contribution in [2.45, 2.75) is 31.1 Å². The van der Waals surface area contributed by atoms with E-state index in [0.717, 1.165) is 12.8 Å². The van der Waals surface area contributed by atoms with Crippen LogP contribution in [0.1, 0.15) is 37.1 Å². The molecule has 1 aliphatic rings. The lowest BCUT2D eigenvalue weighted by atomic mass is 9.77. The Morgan fingerprint density at radius 2 is 1.79 bits per heavy atom. The van der Waals surface area contributed by atoms with Crippen molar-refractivity contribution in [2.75, 3.05) is 6.61 Å². The molecule has 150 valence electrons. The number of ether oxygens (including phenoxy) is 1. The van der Waals surface area contributed by atoms with E-state index in [1.807, 2.05) is 0 Å². The van der Waals surface area contributed by atoms with Gasteiger partial charge in [0, 0.05) is 5.56 Å². The van der Waals surface area contributed by atoms with Crippen LogP contribution in [0.2, 0.25) is 0 Å². The topological polar surface area (TPSA) is 91.2 Å². The van der Waals surface area contributed by atoms with Gasteiger partial charge in [0.15, 0.2) is 12.4 Å². The summed E-state index contributed by atoms with van der Waals surface area (Å²) < 4.78 is 40.1. The average Bonchev–Trinajstić information content (AvgIpc) is 3.37. The fraction of sp³-hybridized carbons (Fsp3) is 0.286. The first-order chi connectivity index (χ1) is 14.0. The molecule has 1 heterocycles. The van der Waals surface area contributed by atoms with E-state index in [0.29, 0.717) is 24.2 Å². The number of nitrogens with zero attached hydrogens (tertiary/aromatic N) is 2. The lowest BCUT2D eigenvalue weighted by Crippen LogP contribution is -2.28. The number of benzene rings is 2. The van der Waals surface area contributed by atoms with E-state index in [1.165, 1.54) is 18.2 Å². The fourth-order valence-corrected chi connectivity index (χ4v) is 3.96. The smallest absolute Gasteiger partial charge is 0.261 e. The zero-order valence-electron chi connectivity index (χ0n) is 15.5. The van der Waals surface area contributed by atoms with E-state index in [9.17, 15) is 13.6 Å². The van der Waals surface area contributed by atoms with Gasteiger partial charge in [-0.1, -0.05) is 36.2 Å². The van der Waals surface area contributed by atoms with Crippen molar-refractivity contribution in [3.63, 3.8) is 0 Å². The van der Waals surface area contributed by atoms with Crippen LogP contribution in [0, 0.1) is 11.6 Å². The molecule has 1 amide bonds. The lowest BCUT2D eigenvalue weighted by molar-refractivity contribution is -0.119. The van der Waals surface area contributed by atoms with E-state index in [1.54, 1.807) is 24.3 Å². The van der Waals surface area contributed by atoms with Crippen LogP contribution in [0.4, 0.5) is 8.78 Å². The molecule has 1 aliphatic carbocycles. The highest BCUT2D eigenvalue weighted by molar-refractivity contribution is 5.75. The van der Waals surface area contributed by atoms with Gasteiger partial charge in [-0.3, -0.25) is 4.79 Å². The molecule has 0 saturated heterocycles. The highest BCUT2D eigenvalue weighted by Gasteiger charge is 2.45. The summed E-state index contributed by atoms with van der Waals surface area (Å²) in [6.45, 7) is -0.303. The number of halogens is 2. The molecule has 2 aromatic carbocycles. The number of carbonyl (C=O) groups excluding carboxylic acids is 1. The molecule has 0 aliphatic heterocycles. The third-order valence-electron chi connectivity index (χ3n) is 5.24. The van der Waals surface area contributed by atoms with Crippen molar-refractivity contribution in [1.29, 1.82) is 0 Å². The Kier molecular flexibility index (Phi) is 5.00. The Morgan fingerprint density at radius 1 is 1.10 bits per heavy atom. The quantitative estimate of drug-likeness (QED) is 0.682. The first kappa shape index (κ1) is 19.0. The van der Waals surface area contributed by atoms with Gasteiger partial charge in [-0.2, -0.15) is 4.98 Å². The predicted molar refractivity (Wildman–Crippen MR) is 100 cm³/mol. The second kappa shape index (κ2) is 7.62. The van der Waals surface area contributed by atoms with E-state index in [-0.39, 0.29) is 23.9 Å². The molecule has 29 heavy (non-hydrogen) atoms. The molecule has 8 heteroatoms. The molecule has 1 aromatic heterocycles. The minimum absolute atomic E-state index is 0.0249. The molecule has 0 atom stereocenters. The van der Waals surface area contributed by atoms with Gasteiger partial charge in [-0.05, 0) is 37.1 Å². The maximum Gasteiger partial charge on any atom is 0.261 e. The number of nitrogens with two attached hydrogens (primary N) is 1. The predicted octanol–water partition coefficient (Wildman–Crippen LogP) is 3.74. The summed E-state index contributed by atoms with van der Waals surface area (Å²) >= 11 is 0. The van der Waals surface area contributed by atoms with Crippen LogP contribution in [0.15, 0.2) is 47.0 Å². The van der Waals surface area contributed by atoms with E-state index < -0.39 is 23.0 Å². The zero-order valence-corrected chi connectivity index (χ0v) is 15.5. The Balaban J connectivity index is 1.76. The summed E-state index contributed by atoms with van der Waals surface area (Å²) in [5.74, 6) is -1.14. The van der Waals surface area contributed by atoms with Gasteiger partial charge >= 0.3 is 0 Å². The SMILES string of the molecule is NC(=O)COc1ccccc1-c1nc(C2(c3c(F)cccc3F)CCCC2)no1. The van der Waals surface area contributed by atoms with Crippen LogP contribution in [-0.2, 0) is 10.2 Å². The summed E-state index contributed by atoms with van der Waals surface area (Å²) in [5, 5.41) is 4.08. The van der Waals surface area contributed by atoms with Crippen molar-refractivity contribution in [3.05, 3.63) is 65.5 Å². The number of hydrogen-bond donors (Lipinski definition) is 1. The Hall–Kier alpha value is -3.29. The summed E-state index contributed by atoms with van der Waals surface area (Å²) in [6.07, 6.45) is 2.64. The minimum atomic E-state index is -0.986. The third-order valence-corrected chi connectivity index (χ3v) is 5.24. The van der Waals surface area contributed by atoms with E-state index in [2.05, 4.69) is 10.1 Å². The van der Waals surface area contributed by atoms with Crippen LogP contribution in [0.3, 0.4) is 0 Å². The second-order valence-electron chi connectivity index (χ2n) is 7.06. The molecule has 0 spiro atoms. The number of amides is 1.